The quantitative estimate of drug-likeness (QED) is 0.782. The molecule has 2 aliphatic rings. The zero-order valence-electron chi connectivity index (χ0n) is 13.1. The van der Waals surface area contributed by atoms with Crippen LogP contribution in [0.1, 0.15) is 46.0 Å². The van der Waals surface area contributed by atoms with Crippen LogP contribution in [0.2, 0.25) is 0 Å². The zero-order chi connectivity index (χ0) is 16.1. The molecule has 0 bridgehead atoms. The number of hydrogen-bond acceptors (Lipinski definition) is 5. The van der Waals surface area contributed by atoms with Gasteiger partial charge in [0.15, 0.2) is 6.61 Å². The second-order valence-corrected chi connectivity index (χ2v) is 6.17. The minimum Gasteiger partial charge on any atom is -0.464 e. The largest absolute Gasteiger partial charge is 0.464 e. The molecule has 7 nitrogen and oxygen atoms in total. The molecule has 1 atom stereocenters. The molecule has 0 aromatic heterocycles. The molecule has 0 spiro atoms. The van der Waals surface area contributed by atoms with Gasteiger partial charge in [0.2, 0.25) is 11.7 Å². The monoisotopic (exact) mass is 309 g/mol. The van der Waals surface area contributed by atoms with Gasteiger partial charge >= 0.3 is 0 Å². The number of Topliss-reactive ketones (excluding diaryl/α,β-unsaturated/α-hetero) is 1. The van der Waals surface area contributed by atoms with E-state index in [2.05, 4.69) is 15.8 Å². The molecule has 7 heteroatoms. The first-order valence-electron chi connectivity index (χ1n) is 7.83. The van der Waals surface area contributed by atoms with Crippen molar-refractivity contribution in [3.8, 4) is 0 Å². The molecule has 22 heavy (non-hydrogen) atoms. The van der Waals surface area contributed by atoms with Crippen LogP contribution >= 0.6 is 0 Å². The highest BCUT2D eigenvalue weighted by atomic mass is 16.5. The molecule has 2 rings (SSSR count). The average molecular weight is 309 g/mol. The standard InChI is InChI=1S/C15H23N3O4/c1-9(2)12(13(20)15-18-17-11(19)8-22-15)16-14(21)10-6-4-3-5-7-10/h9-10,12H,3-8H2,1-2H3,(H,16,21)(H,17,19). The Morgan fingerprint density at radius 2 is 1.95 bits per heavy atom. The minimum absolute atomic E-state index is 0.0169. The molecule has 1 saturated carbocycles. The van der Waals surface area contributed by atoms with Gasteiger partial charge in [-0.3, -0.25) is 14.4 Å². The topological polar surface area (TPSA) is 96.9 Å². The first kappa shape index (κ1) is 16.5. The first-order valence-corrected chi connectivity index (χ1v) is 7.83. The Labute approximate surface area is 129 Å². The molecule has 0 aromatic carbocycles. The molecular formula is C15H23N3O4. The number of carbonyl (C=O) groups is 3. The van der Waals surface area contributed by atoms with Gasteiger partial charge in [0.1, 0.15) is 0 Å². The maximum Gasteiger partial charge on any atom is 0.278 e. The third kappa shape index (κ3) is 4.05. The SMILES string of the molecule is CC(C)C(NC(=O)C1CCCCC1)C(=O)C1=NNC(=O)CO1. The van der Waals surface area contributed by atoms with Crippen LogP contribution in [0, 0.1) is 11.8 Å². The Balaban J connectivity index is 2.01. The molecule has 122 valence electrons. The number of carbonyl (C=O) groups excluding carboxylic acids is 3. The third-order valence-electron chi connectivity index (χ3n) is 4.06. The number of nitrogens with one attached hydrogen (secondary N) is 2. The number of hydrogen-bond donors (Lipinski definition) is 2. The molecule has 1 aliphatic carbocycles. The lowest BCUT2D eigenvalue weighted by Crippen LogP contribution is -2.51. The smallest absolute Gasteiger partial charge is 0.278 e. The normalized spacial score (nSPS) is 20.7. The van der Waals surface area contributed by atoms with Crippen LogP contribution in [-0.4, -0.2) is 36.1 Å². The van der Waals surface area contributed by atoms with Crippen molar-refractivity contribution in [3.63, 3.8) is 0 Å². The summed E-state index contributed by atoms with van der Waals surface area (Å²) in [5, 5.41) is 6.46. The summed E-state index contributed by atoms with van der Waals surface area (Å²) in [6, 6.07) is -0.692. The van der Waals surface area contributed by atoms with Gasteiger partial charge in [0, 0.05) is 5.92 Å². The van der Waals surface area contributed by atoms with Crippen LogP contribution in [0.4, 0.5) is 0 Å². The van der Waals surface area contributed by atoms with E-state index < -0.39 is 17.7 Å². The maximum atomic E-state index is 12.4. The summed E-state index contributed by atoms with van der Waals surface area (Å²) in [7, 11) is 0. The lowest BCUT2D eigenvalue weighted by atomic mass is 9.88. The molecule has 2 N–H and O–H groups in total. The van der Waals surface area contributed by atoms with Crippen molar-refractivity contribution in [1.29, 1.82) is 0 Å². The van der Waals surface area contributed by atoms with Gasteiger partial charge in [-0.1, -0.05) is 33.1 Å². The van der Waals surface area contributed by atoms with E-state index in [4.69, 9.17) is 4.74 Å². The van der Waals surface area contributed by atoms with Crippen molar-refractivity contribution in [1.82, 2.24) is 10.7 Å². The Bertz CT molecular complexity index is 481. The third-order valence-corrected chi connectivity index (χ3v) is 4.06. The Hall–Kier alpha value is -1.92. The number of rotatable bonds is 5. The second-order valence-electron chi connectivity index (χ2n) is 6.17. The fourth-order valence-electron chi connectivity index (χ4n) is 2.74. The Morgan fingerprint density at radius 1 is 1.27 bits per heavy atom. The summed E-state index contributed by atoms with van der Waals surface area (Å²) >= 11 is 0. The number of ether oxygens (including phenoxy) is 1. The Kier molecular flexibility index (Phi) is 5.51. The van der Waals surface area contributed by atoms with Gasteiger partial charge in [-0.2, -0.15) is 0 Å². The van der Waals surface area contributed by atoms with E-state index in [1.807, 2.05) is 13.8 Å². The van der Waals surface area contributed by atoms with Crippen molar-refractivity contribution < 1.29 is 19.1 Å². The van der Waals surface area contributed by atoms with Crippen LogP contribution in [0.25, 0.3) is 0 Å². The van der Waals surface area contributed by atoms with Crippen LogP contribution < -0.4 is 10.7 Å². The molecule has 0 radical (unpaired) electrons. The predicted molar refractivity (Wildman–Crippen MR) is 79.9 cm³/mol. The van der Waals surface area contributed by atoms with Gasteiger partial charge < -0.3 is 10.1 Å². The average Bonchev–Trinajstić information content (AvgIpc) is 2.53. The van der Waals surface area contributed by atoms with Gasteiger partial charge in [-0.25, -0.2) is 5.43 Å². The van der Waals surface area contributed by atoms with Gasteiger partial charge in [0.05, 0.1) is 6.04 Å². The molecular weight excluding hydrogens is 286 g/mol. The van der Waals surface area contributed by atoms with E-state index in [-0.39, 0.29) is 30.2 Å². The van der Waals surface area contributed by atoms with Crippen molar-refractivity contribution in [2.24, 2.45) is 16.9 Å². The zero-order valence-corrected chi connectivity index (χ0v) is 13.1. The number of ketones is 1. The van der Waals surface area contributed by atoms with E-state index in [1.165, 1.54) is 6.42 Å². The lowest BCUT2D eigenvalue weighted by molar-refractivity contribution is -0.131. The van der Waals surface area contributed by atoms with Crippen LogP contribution in [-0.2, 0) is 19.1 Å². The summed E-state index contributed by atoms with van der Waals surface area (Å²) in [5.41, 5.74) is 2.21. The maximum absolute atomic E-state index is 12.4. The van der Waals surface area contributed by atoms with Crippen molar-refractivity contribution >= 4 is 23.5 Å². The van der Waals surface area contributed by atoms with Crippen molar-refractivity contribution in [2.75, 3.05) is 6.61 Å². The second kappa shape index (κ2) is 7.38. The summed E-state index contributed by atoms with van der Waals surface area (Å²) in [6.45, 7) is 3.48. The number of hydrazone groups is 1. The van der Waals surface area contributed by atoms with Crippen molar-refractivity contribution in [3.05, 3.63) is 0 Å². The Morgan fingerprint density at radius 3 is 2.50 bits per heavy atom. The summed E-state index contributed by atoms with van der Waals surface area (Å²) in [6.07, 6.45) is 5.03. The molecule has 0 aromatic rings. The van der Waals surface area contributed by atoms with Gasteiger partial charge in [-0.05, 0) is 18.8 Å². The summed E-state index contributed by atoms with van der Waals surface area (Å²) in [4.78, 5) is 35.8. The molecule has 0 saturated heterocycles. The highest BCUT2D eigenvalue weighted by molar-refractivity contribution is 6.39. The fraction of sp³-hybridized carbons (Fsp3) is 0.733. The van der Waals surface area contributed by atoms with E-state index in [1.54, 1.807) is 0 Å². The van der Waals surface area contributed by atoms with E-state index >= 15 is 0 Å². The highest BCUT2D eigenvalue weighted by Gasteiger charge is 2.33. The van der Waals surface area contributed by atoms with Crippen LogP contribution in [0.15, 0.2) is 5.10 Å². The van der Waals surface area contributed by atoms with E-state index in [0.29, 0.717) is 0 Å². The van der Waals surface area contributed by atoms with Gasteiger partial charge in [-0.15, -0.1) is 5.10 Å². The molecule has 1 unspecified atom stereocenters. The van der Waals surface area contributed by atoms with Gasteiger partial charge in [0.25, 0.3) is 11.8 Å². The number of nitrogens with zero attached hydrogens (tertiary/aromatic N) is 1. The fourth-order valence-corrected chi connectivity index (χ4v) is 2.74. The van der Waals surface area contributed by atoms with Crippen LogP contribution in [0.3, 0.4) is 0 Å². The first-order chi connectivity index (χ1) is 10.5. The number of amides is 2. The summed E-state index contributed by atoms with van der Waals surface area (Å²) < 4.78 is 5.05. The predicted octanol–water partition coefficient (Wildman–Crippen LogP) is 0.736. The van der Waals surface area contributed by atoms with Crippen LogP contribution in [0.5, 0.6) is 0 Å². The summed E-state index contributed by atoms with van der Waals surface area (Å²) in [5.74, 6) is -1.14. The molecule has 1 fully saturated rings. The molecule has 1 aliphatic heterocycles. The lowest BCUT2D eigenvalue weighted by Gasteiger charge is -2.26. The van der Waals surface area contributed by atoms with Crippen molar-refractivity contribution in [2.45, 2.75) is 52.0 Å². The minimum atomic E-state index is -0.692. The highest BCUT2D eigenvalue weighted by Crippen LogP contribution is 2.24. The van der Waals surface area contributed by atoms with E-state index in [0.717, 1.165) is 25.7 Å². The van der Waals surface area contributed by atoms with E-state index in [9.17, 15) is 14.4 Å². The molecule has 1 heterocycles. The molecule has 2 amide bonds.